The second-order valence-corrected chi connectivity index (χ2v) is 4.52. The second kappa shape index (κ2) is 5.27. The number of rotatable bonds is 5. The minimum absolute atomic E-state index is 0.0175. The zero-order valence-corrected chi connectivity index (χ0v) is 9.87. The molecular formula is C13H17FN2O. The van der Waals surface area contributed by atoms with Crippen LogP contribution >= 0.6 is 0 Å². The molecule has 92 valence electrons. The van der Waals surface area contributed by atoms with Crippen LogP contribution in [0.15, 0.2) is 24.3 Å². The molecule has 1 aromatic rings. The van der Waals surface area contributed by atoms with E-state index < -0.39 is 0 Å². The van der Waals surface area contributed by atoms with Gasteiger partial charge in [0.25, 0.3) is 0 Å². The summed E-state index contributed by atoms with van der Waals surface area (Å²) in [5.74, 6) is -0.233. The first-order valence-corrected chi connectivity index (χ1v) is 5.93. The topological polar surface area (TPSA) is 41.1 Å². The number of benzene rings is 1. The Bertz CT molecular complexity index is 404. The van der Waals surface area contributed by atoms with Crippen LogP contribution in [-0.4, -0.2) is 18.0 Å². The average Bonchev–Trinajstić information content (AvgIpc) is 3.10. The summed E-state index contributed by atoms with van der Waals surface area (Å²) in [6.07, 6.45) is 2.17. The summed E-state index contributed by atoms with van der Waals surface area (Å²) in [7, 11) is 0. The van der Waals surface area contributed by atoms with Crippen LogP contribution < -0.4 is 10.6 Å². The first-order valence-electron chi connectivity index (χ1n) is 5.93. The van der Waals surface area contributed by atoms with E-state index in [4.69, 9.17) is 0 Å². The van der Waals surface area contributed by atoms with E-state index in [2.05, 4.69) is 10.6 Å². The van der Waals surface area contributed by atoms with Crippen LogP contribution in [0.4, 0.5) is 4.39 Å². The van der Waals surface area contributed by atoms with E-state index >= 15 is 0 Å². The largest absolute Gasteiger partial charge is 0.352 e. The summed E-state index contributed by atoms with van der Waals surface area (Å²) < 4.78 is 12.9. The molecule has 1 aliphatic rings. The van der Waals surface area contributed by atoms with Gasteiger partial charge in [-0.25, -0.2) is 4.39 Å². The molecule has 3 nitrogen and oxygen atoms in total. The molecule has 1 atom stereocenters. The van der Waals surface area contributed by atoms with Crippen molar-refractivity contribution in [2.45, 2.75) is 38.4 Å². The summed E-state index contributed by atoms with van der Waals surface area (Å²) >= 11 is 0. The van der Waals surface area contributed by atoms with Crippen LogP contribution in [0.3, 0.4) is 0 Å². The normalized spacial score (nSPS) is 16.6. The van der Waals surface area contributed by atoms with Crippen molar-refractivity contribution in [3.63, 3.8) is 0 Å². The van der Waals surface area contributed by atoms with Crippen LogP contribution in [0.2, 0.25) is 0 Å². The molecule has 1 fully saturated rings. The third-order valence-electron chi connectivity index (χ3n) is 2.82. The number of carbonyl (C=O) groups is 1. The summed E-state index contributed by atoms with van der Waals surface area (Å²) in [6.45, 7) is 2.31. The van der Waals surface area contributed by atoms with Crippen LogP contribution in [0.5, 0.6) is 0 Å². The van der Waals surface area contributed by atoms with Crippen LogP contribution in [0, 0.1) is 5.82 Å². The van der Waals surface area contributed by atoms with E-state index in [9.17, 15) is 9.18 Å². The fraction of sp³-hybridized carbons (Fsp3) is 0.462. The van der Waals surface area contributed by atoms with E-state index in [-0.39, 0.29) is 17.8 Å². The van der Waals surface area contributed by atoms with Gasteiger partial charge in [0.2, 0.25) is 5.91 Å². The van der Waals surface area contributed by atoms with Gasteiger partial charge < -0.3 is 10.6 Å². The van der Waals surface area contributed by atoms with Gasteiger partial charge in [-0.3, -0.25) is 4.79 Å². The third-order valence-corrected chi connectivity index (χ3v) is 2.82. The Labute approximate surface area is 100 Å². The molecule has 0 saturated heterocycles. The molecule has 2 N–H and O–H groups in total. The zero-order chi connectivity index (χ0) is 12.3. The fourth-order valence-electron chi connectivity index (χ4n) is 1.56. The molecule has 0 spiro atoms. The molecule has 17 heavy (non-hydrogen) atoms. The highest BCUT2D eigenvalue weighted by atomic mass is 19.1. The smallest absolute Gasteiger partial charge is 0.237 e. The van der Waals surface area contributed by atoms with Gasteiger partial charge in [0.1, 0.15) is 5.82 Å². The molecule has 2 rings (SSSR count). The maximum absolute atomic E-state index is 12.9. The zero-order valence-electron chi connectivity index (χ0n) is 9.87. The van der Waals surface area contributed by atoms with Crippen molar-refractivity contribution < 1.29 is 9.18 Å². The molecule has 0 aliphatic heterocycles. The first-order chi connectivity index (χ1) is 8.15. The lowest BCUT2D eigenvalue weighted by Crippen LogP contribution is -2.42. The van der Waals surface area contributed by atoms with Gasteiger partial charge >= 0.3 is 0 Å². The number of amides is 1. The van der Waals surface area contributed by atoms with Crippen molar-refractivity contribution in [3.05, 3.63) is 35.6 Å². The first kappa shape index (κ1) is 12.0. The standard InChI is InChI=1S/C13H17FN2O/c1-9(13(17)16-12-5-6-12)15-8-10-3-2-4-11(14)7-10/h2-4,7,9,12,15H,5-6,8H2,1H3,(H,16,17). The van der Waals surface area contributed by atoms with Crippen molar-refractivity contribution in [2.75, 3.05) is 0 Å². The molecule has 0 aromatic heterocycles. The summed E-state index contributed by atoms with van der Waals surface area (Å²) in [5.41, 5.74) is 0.844. The number of carbonyl (C=O) groups excluding carboxylic acids is 1. The molecule has 4 heteroatoms. The molecule has 1 aliphatic carbocycles. The third kappa shape index (κ3) is 3.82. The molecule has 1 saturated carbocycles. The highest BCUT2D eigenvalue weighted by Gasteiger charge is 2.25. The summed E-state index contributed by atoms with van der Waals surface area (Å²) in [5, 5.41) is 6.01. The van der Waals surface area contributed by atoms with Crippen molar-refractivity contribution in [1.29, 1.82) is 0 Å². The lowest BCUT2D eigenvalue weighted by Gasteiger charge is -2.13. The van der Waals surface area contributed by atoms with Gasteiger partial charge in [-0.05, 0) is 37.5 Å². The van der Waals surface area contributed by atoms with Crippen LogP contribution in [0.25, 0.3) is 0 Å². The van der Waals surface area contributed by atoms with Crippen molar-refractivity contribution in [2.24, 2.45) is 0 Å². The lowest BCUT2D eigenvalue weighted by atomic mass is 10.2. The summed E-state index contributed by atoms with van der Waals surface area (Å²) in [6, 6.07) is 6.51. The molecule has 1 unspecified atom stereocenters. The Morgan fingerprint density at radius 3 is 2.94 bits per heavy atom. The number of hydrogen-bond donors (Lipinski definition) is 2. The number of halogens is 1. The maximum atomic E-state index is 12.9. The highest BCUT2D eigenvalue weighted by molar-refractivity contribution is 5.81. The monoisotopic (exact) mass is 236 g/mol. The number of hydrogen-bond acceptors (Lipinski definition) is 2. The quantitative estimate of drug-likeness (QED) is 0.815. The minimum atomic E-state index is -0.251. The molecular weight excluding hydrogens is 219 g/mol. The van der Waals surface area contributed by atoms with Gasteiger partial charge in [0.05, 0.1) is 6.04 Å². The second-order valence-electron chi connectivity index (χ2n) is 4.52. The van der Waals surface area contributed by atoms with Crippen molar-refractivity contribution in [1.82, 2.24) is 10.6 Å². The van der Waals surface area contributed by atoms with E-state index in [0.717, 1.165) is 18.4 Å². The Balaban J connectivity index is 1.78. The molecule has 0 heterocycles. The SMILES string of the molecule is CC(NCc1cccc(F)c1)C(=O)NC1CC1. The summed E-state index contributed by atoms with van der Waals surface area (Å²) in [4.78, 5) is 11.6. The van der Waals surface area contributed by atoms with Gasteiger partial charge in [0.15, 0.2) is 0 Å². The Kier molecular flexibility index (Phi) is 3.74. The Morgan fingerprint density at radius 2 is 2.29 bits per heavy atom. The molecule has 0 radical (unpaired) electrons. The van der Waals surface area contributed by atoms with Gasteiger partial charge in [-0.15, -0.1) is 0 Å². The molecule has 0 bridgehead atoms. The molecule has 1 amide bonds. The average molecular weight is 236 g/mol. The van der Waals surface area contributed by atoms with Gasteiger partial charge in [0, 0.05) is 12.6 Å². The van der Waals surface area contributed by atoms with Gasteiger partial charge in [-0.2, -0.15) is 0 Å². The number of nitrogens with one attached hydrogen (secondary N) is 2. The van der Waals surface area contributed by atoms with E-state index in [0.29, 0.717) is 12.6 Å². The highest BCUT2D eigenvalue weighted by Crippen LogP contribution is 2.18. The van der Waals surface area contributed by atoms with Crippen LogP contribution in [-0.2, 0) is 11.3 Å². The lowest BCUT2D eigenvalue weighted by molar-refractivity contribution is -0.122. The maximum Gasteiger partial charge on any atom is 0.237 e. The Morgan fingerprint density at radius 1 is 1.53 bits per heavy atom. The van der Waals surface area contributed by atoms with Gasteiger partial charge in [-0.1, -0.05) is 12.1 Å². The van der Waals surface area contributed by atoms with Crippen molar-refractivity contribution >= 4 is 5.91 Å². The van der Waals surface area contributed by atoms with E-state index in [1.165, 1.54) is 12.1 Å². The van der Waals surface area contributed by atoms with Crippen LogP contribution in [0.1, 0.15) is 25.3 Å². The predicted octanol–water partition coefficient (Wildman–Crippen LogP) is 1.58. The predicted molar refractivity (Wildman–Crippen MR) is 63.9 cm³/mol. The van der Waals surface area contributed by atoms with E-state index in [1.807, 2.05) is 13.0 Å². The molecule has 1 aromatic carbocycles. The van der Waals surface area contributed by atoms with E-state index in [1.54, 1.807) is 6.07 Å². The minimum Gasteiger partial charge on any atom is -0.352 e. The Hall–Kier alpha value is -1.42. The fourth-order valence-corrected chi connectivity index (χ4v) is 1.56. The van der Waals surface area contributed by atoms with Crippen molar-refractivity contribution in [3.8, 4) is 0 Å².